The molecular weight excluding hydrogens is 386 g/mol. The van der Waals surface area contributed by atoms with Crippen LogP contribution in [0.2, 0.25) is 0 Å². The standard InChI is InChI=1S/C22H29N3O3S/c1-15(26)25(19-5-6-19)22-23-17(14-29-22)13-24(18-7-9-20(27)10-8-18)12-16-3-2-4-21(28)11-16/h2-4,11,14,18-20,27-28H,5-10,12-13H2,1H3. The third-order valence-corrected chi connectivity index (χ3v) is 6.73. The lowest BCUT2D eigenvalue weighted by molar-refractivity contribution is -0.116. The molecule has 4 rings (SSSR count). The van der Waals surface area contributed by atoms with Crippen molar-refractivity contribution in [1.82, 2.24) is 9.88 Å². The Kier molecular flexibility index (Phi) is 6.18. The highest BCUT2D eigenvalue weighted by Gasteiger charge is 2.34. The van der Waals surface area contributed by atoms with Crippen LogP contribution >= 0.6 is 11.3 Å². The van der Waals surface area contributed by atoms with Crippen molar-refractivity contribution in [2.75, 3.05) is 4.90 Å². The van der Waals surface area contributed by atoms with Crippen molar-refractivity contribution in [3.63, 3.8) is 0 Å². The van der Waals surface area contributed by atoms with Crippen molar-refractivity contribution in [2.24, 2.45) is 0 Å². The molecule has 1 aromatic heterocycles. The molecule has 0 aliphatic heterocycles. The Hall–Kier alpha value is -1.96. The van der Waals surface area contributed by atoms with Gasteiger partial charge in [-0.3, -0.25) is 14.6 Å². The van der Waals surface area contributed by atoms with Gasteiger partial charge in [-0.2, -0.15) is 0 Å². The topological polar surface area (TPSA) is 76.9 Å². The highest BCUT2D eigenvalue weighted by molar-refractivity contribution is 7.14. The zero-order valence-electron chi connectivity index (χ0n) is 16.8. The highest BCUT2D eigenvalue weighted by atomic mass is 32.1. The Labute approximate surface area is 175 Å². The quantitative estimate of drug-likeness (QED) is 0.722. The fourth-order valence-electron chi connectivity index (χ4n) is 4.20. The van der Waals surface area contributed by atoms with Crippen LogP contribution in [0, 0.1) is 0 Å². The van der Waals surface area contributed by atoms with Gasteiger partial charge in [0.15, 0.2) is 5.13 Å². The average molecular weight is 416 g/mol. The number of benzene rings is 1. The van der Waals surface area contributed by atoms with E-state index < -0.39 is 0 Å². The van der Waals surface area contributed by atoms with Gasteiger partial charge in [0.05, 0.1) is 11.8 Å². The van der Waals surface area contributed by atoms with Crippen LogP contribution in [0.25, 0.3) is 0 Å². The van der Waals surface area contributed by atoms with Gasteiger partial charge in [0, 0.05) is 37.5 Å². The molecule has 1 aromatic carbocycles. The fraction of sp³-hybridized carbons (Fsp3) is 0.545. The molecule has 1 heterocycles. The Morgan fingerprint density at radius 2 is 1.86 bits per heavy atom. The van der Waals surface area contributed by atoms with Crippen LogP contribution in [-0.4, -0.2) is 44.2 Å². The molecule has 2 aliphatic rings. The molecular formula is C22H29N3O3S. The van der Waals surface area contributed by atoms with Crippen LogP contribution in [0.4, 0.5) is 5.13 Å². The number of anilines is 1. The van der Waals surface area contributed by atoms with Gasteiger partial charge >= 0.3 is 0 Å². The average Bonchev–Trinajstić information content (AvgIpc) is 3.40. The van der Waals surface area contributed by atoms with E-state index in [9.17, 15) is 15.0 Å². The first kappa shape index (κ1) is 20.3. The maximum Gasteiger partial charge on any atom is 0.225 e. The number of carbonyl (C=O) groups is 1. The number of aromatic nitrogens is 1. The van der Waals surface area contributed by atoms with Gasteiger partial charge in [-0.1, -0.05) is 12.1 Å². The van der Waals surface area contributed by atoms with Gasteiger partial charge < -0.3 is 10.2 Å². The van der Waals surface area contributed by atoms with Crippen LogP contribution in [-0.2, 0) is 17.9 Å². The summed E-state index contributed by atoms with van der Waals surface area (Å²) < 4.78 is 0. The second-order valence-corrected chi connectivity index (χ2v) is 9.12. The van der Waals surface area contributed by atoms with E-state index in [1.54, 1.807) is 13.0 Å². The van der Waals surface area contributed by atoms with E-state index in [4.69, 9.17) is 4.98 Å². The smallest absolute Gasteiger partial charge is 0.225 e. The van der Waals surface area contributed by atoms with Crippen LogP contribution < -0.4 is 4.90 Å². The third kappa shape index (κ3) is 5.15. The number of nitrogens with zero attached hydrogens (tertiary/aromatic N) is 3. The monoisotopic (exact) mass is 415 g/mol. The molecule has 156 valence electrons. The summed E-state index contributed by atoms with van der Waals surface area (Å²) in [4.78, 5) is 21.1. The molecule has 2 aliphatic carbocycles. The lowest BCUT2D eigenvalue weighted by atomic mass is 9.91. The number of carbonyl (C=O) groups excluding carboxylic acids is 1. The predicted octanol–water partition coefficient (Wildman–Crippen LogP) is 3.67. The molecule has 0 spiro atoms. The van der Waals surface area contributed by atoms with Crippen molar-refractivity contribution in [1.29, 1.82) is 0 Å². The van der Waals surface area contributed by atoms with Gasteiger partial charge in [0.1, 0.15) is 5.75 Å². The zero-order valence-corrected chi connectivity index (χ0v) is 17.6. The van der Waals surface area contributed by atoms with E-state index in [-0.39, 0.29) is 17.8 Å². The number of rotatable bonds is 7. The second-order valence-electron chi connectivity index (χ2n) is 8.28. The Morgan fingerprint density at radius 1 is 1.14 bits per heavy atom. The molecule has 2 aromatic rings. The minimum atomic E-state index is -0.192. The molecule has 2 saturated carbocycles. The van der Waals surface area contributed by atoms with E-state index in [1.807, 2.05) is 23.1 Å². The Bertz CT molecular complexity index is 843. The first-order valence-electron chi connectivity index (χ1n) is 10.4. The molecule has 29 heavy (non-hydrogen) atoms. The SMILES string of the molecule is CC(=O)N(c1nc(CN(Cc2cccc(O)c2)C2CCC(O)CC2)cs1)C1CC1. The van der Waals surface area contributed by atoms with Crippen molar-refractivity contribution < 1.29 is 15.0 Å². The molecule has 0 bridgehead atoms. The molecule has 0 atom stereocenters. The van der Waals surface area contributed by atoms with E-state index in [1.165, 1.54) is 11.3 Å². The van der Waals surface area contributed by atoms with Crippen molar-refractivity contribution in [3.8, 4) is 5.75 Å². The zero-order chi connectivity index (χ0) is 20.4. The minimum absolute atomic E-state index is 0.0614. The van der Waals surface area contributed by atoms with E-state index in [0.717, 1.165) is 61.5 Å². The van der Waals surface area contributed by atoms with Crippen LogP contribution in [0.1, 0.15) is 56.7 Å². The molecule has 0 radical (unpaired) electrons. The molecule has 0 unspecified atom stereocenters. The summed E-state index contributed by atoms with van der Waals surface area (Å²) in [6.07, 6.45) is 5.48. The summed E-state index contributed by atoms with van der Waals surface area (Å²) in [7, 11) is 0. The molecule has 1 amide bonds. The molecule has 6 nitrogen and oxygen atoms in total. The summed E-state index contributed by atoms with van der Waals surface area (Å²) in [6, 6.07) is 8.08. The van der Waals surface area contributed by atoms with Gasteiger partial charge in [0.25, 0.3) is 0 Å². The van der Waals surface area contributed by atoms with Gasteiger partial charge in [-0.15, -0.1) is 11.3 Å². The lowest BCUT2D eigenvalue weighted by Crippen LogP contribution is -2.38. The van der Waals surface area contributed by atoms with E-state index in [2.05, 4.69) is 10.3 Å². The maximum absolute atomic E-state index is 12.0. The summed E-state index contributed by atoms with van der Waals surface area (Å²) in [5, 5.41) is 22.6. The number of hydrogen-bond donors (Lipinski definition) is 2. The number of phenolic OH excluding ortho intramolecular Hbond substituents is 1. The molecule has 2 N–H and O–H groups in total. The maximum atomic E-state index is 12.0. The number of amides is 1. The normalized spacial score (nSPS) is 22.0. The summed E-state index contributed by atoms with van der Waals surface area (Å²) in [5.74, 6) is 0.338. The number of hydrogen-bond acceptors (Lipinski definition) is 6. The second kappa shape index (κ2) is 8.81. The minimum Gasteiger partial charge on any atom is -0.508 e. The van der Waals surface area contributed by atoms with Crippen LogP contribution in [0.15, 0.2) is 29.6 Å². The predicted molar refractivity (Wildman–Crippen MR) is 114 cm³/mol. The Morgan fingerprint density at radius 3 is 2.52 bits per heavy atom. The van der Waals surface area contributed by atoms with E-state index >= 15 is 0 Å². The largest absolute Gasteiger partial charge is 0.508 e. The molecule has 7 heteroatoms. The number of aliphatic hydroxyl groups excluding tert-OH is 1. The number of aromatic hydroxyl groups is 1. The molecule has 0 saturated heterocycles. The van der Waals surface area contributed by atoms with Gasteiger partial charge in [0.2, 0.25) is 5.91 Å². The number of aliphatic hydroxyl groups is 1. The van der Waals surface area contributed by atoms with E-state index in [0.29, 0.717) is 18.6 Å². The molecule has 2 fully saturated rings. The summed E-state index contributed by atoms with van der Waals surface area (Å²) in [6.45, 7) is 3.03. The lowest BCUT2D eigenvalue weighted by Gasteiger charge is -2.35. The van der Waals surface area contributed by atoms with Crippen molar-refractivity contribution in [3.05, 3.63) is 40.9 Å². The first-order valence-corrected chi connectivity index (χ1v) is 11.3. The fourth-order valence-corrected chi connectivity index (χ4v) is 5.12. The van der Waals surface area contributed by atoms with Crippen molar-refractivity contribution >= 4 is 22.4 Å². The van der Waals surface area contributed by atoms with Crippen molar-refractivity contribution in [2.45, 2.75) is 76.7 Å². The highest BCUT2D eigenvalue weighted by Crippen LogP contribution is 2.34. The Balaban J connectivity index is 1.51. The third-order valence-electron chi connectivity index (χ3n) is 5.84. The van der Waals surface area contributed by atoms with Crippen LogP contribution in [0.5, 0.6) is 5.75 Å². The van der Waals surface area contributed by atoms with Gasteiger partial charge in [-0.05, 0) is 56.2 Å². The summed E-state index contributed by atoms with van der Waals surface area (Å²) >= 11 is 1.54. The number of phenols is 1. The van der Waals surface area contributed by atoms with Crippen LogP contribution in [0.3, 0.4) is 0 Å². The number of thiazole rings is 1. The first-order chi connectivity index (χ1) is 14.0. The summed E-state index contributed by atoms with van der Waals surface area (Å²) in [5.41, 5.74) is 2.04. The van der Waals surface area contributed by atoms with Gasteiger partial charge in [-0.25, -0.2) is 4.98 Å².